The van der Waals surface area contributed by atoms with Gasteiger partial charge in [-0.05, 0) is 68.2 Å². The van der Waals surface area contributed by atoms with Crippen LogP contribution in [0, 0.1) is 23.1 Å². The lowest BCUT2D eigenvalue weighted by Crippen LogP contribution is -2.48. The summed E-state index contributed by atoms with van der Waals surface area (Å²) in [6.07, 6.45) is 6.13. The fourth-order valence-corrected chi connectivity index (χ4v) is 6.28. The summed E-state index contributed by atoms with van der Waals surface area (Å²) in [6.45, 7) is 2.13. The van der Waals surface area contributed by atoms with Crippen molar-refractivity contribution in [2.45, 2.75) is 49.5 Å². The molecule has 1 N–H and O–H groups in total. The SMILES string of the molecule is N#CC1(c2ccccc2)CCN(c2c(C(=O)N3CCC(O)(C4CC4)CC3)cnc3ccc(F)cc23)CC1. The number of anilines is 1. The van der Waals surface area contributed by atoms with Crippen LogP contribution in [-0.2, 0) is 5.41 Å². The van der Waals surface area contributed by atoms with Crippen molar-refractivity contribution in [1.82, 2.24) is 9.88 Å². The van der Waals surface area contributed by atoms with Crippen LogP contribution in [0.1, 0.15) is 54.4 Å². The van der Waals surface area contributed by atoms with Crippen LogP contribution in [0.5, 0.6) is 0 Å². The summed E-state index contributed by atoms with van der Waals surface area (Å²) in [5.74, 6) is -0.143. The molecular formula is C30H31FN4O2. The number of aliphatic hydroxyl groups is 1. The molecule has 0 bridgehead atoms. The number of nitriles is 1. The predicted molar refractivity (Wildman–Crippen MR) is 140 cm³/mol. The monoisotopic (exact) mass is 498 g/mol. The molecule has 3 heterocycles. The lowest BCUT2D eigenvalue weighted by Gasteiger charge is -2.41. The summed E-state index contributed by atoms with van der Waals surface area (Å²) in [5, 5.41) is 21.7. The molecule has 37 heavy (non-hydrogen) atoms. The lowest BCUT2D eigenvalue weighted by molar-refractivity contribution is -0.0339. The maximum Gasteiger partial charge on any atom is 0.257 e. The van der Waals surface area contributed by atoms with Crippen LogP contribution in [0.25, 0.3) is 10.9 Å². The van der Waals surface area contributed by atoms with E-state index in [1.165, 1.54) is 12.1 Å². The molecule has 2 aliphatic heterocycles. The van der Waals surface area contributed by atoms with Gasteiger partial charge in [-0.2, -0.15) is 5.26 Å². The van der Waals surface area contributed by atoms with Crippen molar-refractivity contribution in [1.29, 1.82) is 5.26 Å². The first-order valence-corrected chi connectivity index (χ1v) is 13.2. The molecular weight excluding hydrogens is 467 g/mol. The zero-order valence-electron chi connectivity index (χ0n) is 20.9. The summed E-state index contributed by atoms with van der Waals surface area (Å²) in [6, 6.07) is 16.9. The average Bonchev–Trinajstić information content (AvgIpc) is 3.80. The van der Waals surface area contributed by atoms with Gasteiger partial charge in [-0.1, -0.05) is 30.3 Å². The van der Waals surface area contributed by atoms with Crippen LogP contribution in [0.15, 0.2) is 54.7 Å². The molecule has 3 fully saturated rings. The number of carbonyl (C=O) groups excluding carboxylic acids is 1. The molecule has 6 rings (SSSR count). The Morgan fingerprint density at radius 3 is 2.38 bits per heavy atom. The van der Waals surface area contributed by atoms with Crippen molar-refractivity contribution in [3.63, 3.8) is 0 Å². The van der Waals surface area contributed by atoms with Crippen molar-refractivity contribution in [3.8, 4) is 6.07 Å². The van der Waals surface area contributed by atoms with Crippen molar-refractivity contribution in [3.05, 3.63) is 71.7 Å². The van der Waals surface area contributed by atoms with E-state index in [4.69, 9.17) is 0 Å². The number of benzene rings is 2. The van der Waals surface area contributed by atoms with Crippen molar-refractivity contribution in [2.24, 2.45) is 5.92 Å². The number of rotatable bonds is 4. The van der Waals surface area contributed by atoms with Crippen molar-refractivity contribution < 1.29 is 14.3 Å². The predicted octanol–water partition coefficient (Wildman–Crippen LogP) is 4.81. The molecule has 0 unspecified atom stereocenters. The molecule has 1 saturated carbocycles. The molecule has 0 radical (unpaired) electrons. The molecule has 1 amide bonds. The van der Waals surface area contributed by atoms with Gasteiger partial charge in [0.2, 0.25) is 0 Å². The Morgan fingerprint density at radius 1 is 1.03 bits per heavy atom. The maximum atomic E-state index is 14.4. The van der Waals surface area contributed by atoms with Gasteiger partial charge in [0, 0.05) is 37.8 Å². The molecule has 7 heteroatoms. The van der Waals surface area contributed by atoms with Gasteiger partial charge in [0.15, 0.2) is 0 Å². The number of likely N-dealkylation sites (tertiary alicyclic amines) is 1. The minimum absolute atomic E-state index is 0.133. The fraction of sp³-hybridized carbons (Fsp3) is 0.433. The summed E-state index contributed by atoms with van der Waals surface area (Å²) in [7, 11) is 0. The molecule has 6 nitrogen and oxygen atoms in total. The van der Waals surface area contributed by atoms with E-state index in [0.29, 0.717) is 79.9 Å². The summed E-state index contributed by atoms with van der Waals surface area (Å²) >= 11 is 0. The first-order valence-electron chi connectivity index (χ1n) is 13.2. The van der Waals surface area contributed by atoms with Gasteiger partial charge in [-0.15, -0.1) is 0 Å². The number of halogens is 1. The van der Waals surface area contributed by atoms with Crippen molar-refractivity contribution in [2.75, 3.05) is 31.1 Å². The Hall–Kier alpha value is -3.50. The highest BCUT2D eigenvalue weighted by Gasteiger charge is 2.46. The standard InChI is InChI=1S/C30H31FN4O2/c31-23-8-9-26-24(18-23)27(34-14-10-29(20-32,11-15-34)21-4-2-1-3-5-21)25(19-33-26)28(36)35-16-12-30(37,13-17-35)22-6-7-22/h1-5,8-9,18-19,22,37H,6-7,10-17H2. The number of pyridine rings is 1. The minimum Gasteiger partial charge on any atom is -0.389 e. The summed E-state index contributed by atoms with van der Waals surface area (Å²) < 4.78 is 14.4. The van der Waals surface area contributed by atoms with E-state index in [-0.39, 0.29) is 11.7 Å². The van der Waals surface area contributed by atoms with Gasteiger partial charge in [-0.25, -0.2) is 4.39 Å². The van der Waals surface area contributed by atoms with Crippen molar-refractivity contribution >= 4 is 22.5 Å². The molecule has 0 spiro atoms. The Morgan fingerprint density at radius 2 is 1.73 bits per heavy atom. The average molecular weight is 499 g/mol. The van der Waals surface area contributed by atoms with Gasteiger partial charge in [0.25, 0.3) is 5.91 Å². The number of aromatic nitrogens is 1. The number of piperidine rings is 2. The van der Waals surface area contributed by atoms with E-state index in [9.17, 15) is 19.6 Å². The van der Waals surface area contributed by atoms with Crippen LogP contribution < -0.4 is 4.90 Å². The van der Waals surface area contributed by atoms with Gasteiger partial charge >= 0.3 is 0 Å². The molecule has 1 aromatic heterocycles. The topological polar surface area (TPSA) is 80.5 Å². The van der Waals surface area contributed by atoms with Gasteiger partial charge in [0.1, 0.15) is 5.82 Å². The number of hydrogen-bond donors (Lipinski definition) is 1. The molecule has 3 aliphatic rings. The van der Waals surface area contributed by atoms with Crippen LogP contribution in [-0.4, -0.2) is 52.7 Å². The van der Waals surface area contributed by atoms with E-state index < -0.39 is 11.0 Å². The van der Waals surface area contributed by atoms with E-state index in [1.54, 1.807) is 17.2 Å². The van der Waals surface area contributed by atoms with Crippen LogP contribution in [0.2, 0.25) is 0 Å². The number of fused-ring (bicyclic) bond motifs is 1. The van der Waals surface area contributed by atoms with Gasteiger partial charge in [-0.3, -0.25) is 9.78 Å². The highest BCUT2D eigenvalue weighted by atomic mass is 19.1. The third kappa shape index (κ3) is 4.23. The number of carbonyl (C=O) groups is 1. The summed E-state index contributed by atoms with van der Waals surface area (Å²) in [5.41, 5.74) is 1.55. The molecule has 3 aromatic rings. The maximum absolute atomic E-state index is 14.4. The molecule has 2 saturated heterocycles. The highest BCUT2D eigenvalue weighted by molar-refractivity contribution is 6.07. The number of hydrogen-bond acceptors (Lipinski definition) is 5. The fourth-order valence-electron chi connectivity index (χ4n) is 6.28. The molecule has 0 atom stereocenters. The zero-order valence-corrected chi connectivity index (χ0v) is 20.9. The Labute approximate surface area is 216 Å². The number of nitrogens with zero attached hydrogens (tertiary/aromatic N) is 4. The second kappa shape index (κ2) is 9.11. The van der Waals surface area contributed by atoms with Crippen LogP contribution in [0.4, 0.5) is 10.1 Å². The molecule has 190 valence electrons. The summed E-state index contributed by atoms with van der Waals surface area (Å²) in [4.78, 5) is 22.3. The first-order chi connectivity index (χ1) is 17.9. The first kappa shape index (κ1) is 23.9. The minimum atomic E-state index is -0.657. The number of amides is 1. The lowest BCUT2D eigenvalue weighted by atomic mass is 9.74. The normalized spacial score (nSPS) is 21.0. The van der Waals surface area contributed by atoms with E-state index in [2.05, 4.69) is 16.0 Å². The zero-order chi connectivity index (χ0) is 25.6. The second-order valence-electron chi connectivity index (χ2n) is 10.9. The molecule has 2 aromatic carbocycles. The third-order valence-corrected chi connectivity index (χ3v) is 8.76. The highest BCUT2D eigenvalue weighted by Crippen LogP contribution is 2.45. The van der Waals surface area contributed by atoms with Gasteiger partial charge < -0.3 is 14.9 Å². The second-order valence-corrected chi connectivity index (χ2v) is 10.9. The van der Waals surface area contributed by atoms with E-state index in [0.717, 1.165) is 18.4 Å². The van der Waals surface area contributed by atoms with Crippen LogP contribution >= 0.6 is 0 Å². The van der Waals surface area contributed by atoms with E-state index in [1.807, 2.05) is 30.3 Å². The van der Waals surface area contributed by atoms with E-state index >= 15 is 0 Å². The third-order valence-electron chi connectivity index (χ3n) is 8.76. The Kier molecular flexibility index (Phi) is 5.88. The quantitative estimate of drug-likeness (QED) is 0.558. The Bertz CT molecular complexity index is 1370. The Balaban J connectivity index is 1.32. The van der Waals surface area contributed by atoms with Crippen LogP contribution in [0.3, 0.4) is 0 Å². The molecule has 1 aliphatic carbocycles. The largest absolute Gasteiger partial charge is 0.389 e. The van der Waals surface area contributed by atoms with Gasteiger partial charge in [0.05, 0.1) is 33.9 Å². The smallest absolute Gasteiger partial charge is 0.257 e.